The minimum atomic E-state index is -0.851. The van der Waals surface area contributed by atoms with Gasteiger partial charge < -0.3 is 0 Å². The normalized spacial score (nSPS) is 10.1. The predicted octanol–water partition coefficient (Wildman–Crippen LogP) is 9.06. The lowest BCUT2D eigenvalue weighted by Crippen LogP contribution is -1.99. The summed E-state index contributed by atoms with van der Waals surface area (Å²) in [5, 5.41) is 0. The maximum atomic E-state index is 13.7. The van der Waals surface area contributed by atoms with Crippen LogP contribution in [0.15, 0.2) is 72.8 Å². The van der Waals surface area contributed by atoms with Crippen LogP contribution >= 0.6 is 0 Å². The molecule has 0 bridgehead atoms. The van der Waals surface area contributed by atoms with Crippen LogP contribution < -0.4 is 0 Å². The molecule has 0 nitrogen and oxygen atoms in total. The minimum absolute atomic E-state index is 0.116. The van der Waals surface area contributed by atoms with Crippen LogP contribution in [0.5, 0.6) is 0 Å². The lowest BCUT2D eigenvalue weighted by Gasteiger charge is -2.07. The molecule has 0 aliphatic carbocycles. The van der Waals surface area contributed by atoms with Crippen molar-refractivity contribution in [1.82, 2.24) is 0 Å². The van der Waals surface area contributed by atoms with Crippen molar-refractivity contribution in [2.24, 2.45) is 0 Å². The topological polar surface area (TPSA) is 0 Å². The first-order valence-corrected chi connectivity index (χ1v) is 11.4. The Labute approximate surface area is 206 Å². The summed E-state index contributed by atoms with van der Waals surface area (Å²) in [6.45, 7) is 11.0. The van der Waals surface area contributed by atoms with Gasteiger partial charge in [-0.2, -0.15) is 0 Å². The second kappa shape index (κ2) is 12.9. The van der Waals surface area contributed by atoms with Gasteiger partial charge in [0.1, 0.15) is 11.6 Å². The van der Waals surface area contributed by atoms with Gasteiger partial charge in [0.2, 0.25) is 0 Å². The van der Waals surface area contributed by atoms with Crippen molar-refractivity contribution >= 4 is 0 Å². The number of aryl methyl sites for hydroxylation is 6. The van der Waals surface area contributed by atoms with Crippen LogP contribution in [0.4, 0.5) is 17.6 Å². The second-order valence-corrected chi connectivity index (χ2v) is 8.84. The molecule has 0 fully saturated rings. The molecule has 0 radical (unpaired) electrons. The Kier molecular flexibility index (Phi) is 10.3. The van der Waals surface area contributed by atoms with Crippen LogP contribution in [0.3, 0.4) is 0 Å². The van der Waals surface area contributed by atoms with Gasteiger partial charge >= 0.3 is 0 Å². The Balaban J connectivity index is 0.000000211. The summed E-state index contributed by atoms with van der Waals surface area (Å²) in [6, 6.07) is 21.5. The minimum Gasteiger partial charge on any atom is -0.207 e. The van der Waals surface area contributed by atoms with Crippen molar-refractivity contribution in [3.8, 4) is 0 Å². The number of benzene rings is 4. The van der Waals surface area contributed by atoms with E-state index in [4.69, 9.17) is 0 Å². The summed E-state index contributed by atoms with van der Waals surface area (Å²) >= 11 is 0. The Morgan fingerprint density at radius 2 is 0.914 bits per heavy atom. The first-order valence-electron chi connectivity index (χ1n) is 11.4. The van der Waals surface area contributed by atoms with E-state index >= 15 is 0 Å². The van der Waals surface area contributed by atoms with Crippen molar-refractivity contribution in [1.29, 1.82) is 0 Å². The standard InChI is InChI=1S/C15H13F3.C8H9F.C8H10/c1-9-3-5-11(8-13(9)16)7-12-6-4-10(2)14(17)15(12)18;1-6-3-4-7(2)8(9)5-6;1-7-3-5-8(2)6-4-7/h3-6,8H,7H2,1-2H3;3-5H,1-2H3;3-6H,1-2H3. The summed E-state index contributed by atoms with van der Waals surface area (Å²) in [7, 11) is 0. The quantitative estimate of drug-likeness (QED) is 0.251. The largest absolute Gasteiger partial charge is 0.207 e. The first kappa shape index (κ1) is 27.8. The van der Waals surface area contributed by atoms with Crippen LogP contribution in [0, 0.1) is 64.8 Å². The highest BCUT2D eigenvalue weighted by atomic mass is 19.2. The third kappa shape index (κ3) is 8.71. The van der Waals surface area contributed by atoms with Gasteiger partial charge in [-0.25, -0.2) is 17.6 Å². The van der Waals surface area contributed by atoms with E-state index in [0.29, 0.717) is 16.7 Å². The highest BCUT2D eigenvalue weighted by molar-refractivity contribution is 5.32. The predicted molar refractivity (Wildman–Crippen MR) is 137 cm³/mol. The first-order chi connectivity index (χ1) is 16.5. The molecule has 0 unspecified atom stereocenters. The molecular weight excluding hydrogens is 448 g/mol. The van der Waals surface area contributed by atoms with E-state index in [1.807, 2.05) is 13.0 Å². The van der Waals surface area contributed by atoms with Crippen molar-refractivity contribution < 1.29 is 17.6 Å². The van der Waals surface area contributed by atoms with E-state index in [1.165, 1.54) is 42.3 Å². The summed E-state index contributed by atoms with van der Waals surface area (Å²) in [5.41, 5.74) is 6.01. The molecule has 0 heterocycles. The van der Waals surface area contributed by atoms with Crippen molar-refractivity contribution in [2.75, 3.05) is 0 Å². The highest BCUT2D eigenvalue weighted by Crippen LogP contribution is 2.20. The molecule has 35 heavy (non-hydrogen) atoms. The van der Waals surface area contributed by atoms with Crippen LogP contribution in [0.1, 0.15) is 44.5 Å². The van der Waals surface area contributed by atoms with Crippen molar-refractivity contribution in [2.45, 2.75) is 48.0 Å². The second-order valence-electron chi connectivity index (χ2n) is 8.84. The monoisotopic (exact) mass is 480 g/mol. The molecule has 4 aromatic carbocycles. The molecule has 0 spiro atoms. The fourth-order valence-electron chi connectivity index (χ4n) is 3.12. The molecule has 0 aromatic heterocycles. The molecule has 0 amide bonds. The zero-order valence-corrected chi connectivity index (χ0v) is 21.1. The number of hydrogen-bond donors (Lipinski definition) is 0. The Morgan fingerprint density at radius 1 is 0.457 bits per heavy atom. The van der Waals surface area contributed by atoms with E-state index in [2.05, 4.69) is 38.1 Å². The van der Waals surface area contributed by atoms with Crippen LogP contribution in [-0.4, -0.2) is 0 Å². The Bertz CT molecular complexity index is 1240. The number of halogens is 4. The molecule has 0 aliphatic rings. The molecule has 0 saturated carbocycles. The molecule has 0 atom stereocenters. The van der Waals surface area contributed by atoms with Crippen LogP contribution in [0.25, 0.3) is 0 Å². The van der Waals surface area contributed by atoms with Gasteiger partial charge in [-0.1, -0.05) is 71.8 Å². The SMILES string of the molecule is Cc1ccc(C)c(F)c1.Cc1ccc(C)cc1.Cc1ccc(Cc2ccc(C)c(F)c2F)cc1F. The zero-order valence-electron chi connectivity index (χ0n) is 21.1. The molecule has 0 aliphatic heterocycles. The molecule has 184 valence electrons. The van der Waals surface area contributed by atoms with E-state index < -0.39 is 11.6 Å². The average Bonchev–Trinajstić information content (AvgIpc) is 2.82. The van der Waals surface area contributed by atoms with Gasteiger partial charge in [0, 0.05) is 6.42 Å². The Hall–Kier alpha value is -3.40. The fourth-order valence-corrected chi connectivity index (χ4v) is 3.12. The van der Waals surface area contributed by atoms with E-state index in [0.717, 1.165) is 5.56 Å². The third-order valence-corrected chi connectivity index (χ3v) is 5.53. The van der Waals surface area contributed by atoms with Crippen LogP contribution in [0.2, 0.25) is 0 Å². The van der Waals surface area contributed by atoms with Gasteiger partial charge in [0.15, 0.2) is 11.6 Å². The summed E-state index contributed by atoms with van der Waals surface area (Å²) in [5.74, 6) is -2.13. The molecule has 4 heteroatoms. The average molecular weight is 481 g/mol. The maximum Gasteiger partial charge on any atom is 0.162 e. The lowest BCUT2D eigenvalue weighted by molar-refractivity contribution is 0.495. The van der Waals surface area contributed by atoms with Gasteiger partial charge in [-0.3, -0.25) is 0 Å². The number of rotatable bonds is 2. The lowest BCUT2D eigenvalue weighted by atomic mass is 10.0. The van der Waals surface area contributed by atoms with Crippen LogP contribution in [-0.2, 0) is 6.42 Å². The summed E-state index contributed by atoms with van der Waals surface area (Å²) in [4.78, 5) is 0. The van der Waals surface area contributed by atoms with E-state index in [-0.39, 0.29) is 29.2 Å². The molecule has 0 saturated heterocycles. The number of hydrogen-bond acceptors (Lipinski definition) is 0. The molecular formula is C31H32F4. The summed E-state index contributed by atoms with van der Waals surface area (Å²) in [6.07, 6.45) is 0.181. The van der Waals surface area contributed by atoms with Gasteiger partial charge in [0.25, 0.3) is 0 Å². The smallest absolute Gasteiger partial charge is 0.162 e. The fraction of sp³-hybridized carbons (Fsp3) is 0.226. The molecule has 0 N–H and O–H groups in total. The molecule has 4 rings (SSSR count). The summed E-state index contributed by atoms with van der Waals surface area (Å²) < 4.78 is 53.0. The highest BCUT2D eigenvalue weighted by Gasteiger charge is 2.11. The van der Waals surface area contributed by atoms with Crippen molar-refractivity contribution in [3.63, 3.8) is 0 Å². The van der Waals surface area contributed by atoms with Crippen molar-refractivity contribution in [3.05, 3.63) is 141 Å². The zero-order chi connectivity index (χ0) is 26.1. The molecule has 4 aromatic rings. The van der Waals surface area contributed by atoms with E-state index in [9.17, 15) is 17.6 Å². The van der Waals surface area contributed by atoms with E-state index in [1.54, 1.807) is 32.0 Å². The third-order valence-electron chi connectivity index (χ3n) is 5.53. The Morgan fingerprint density at radius 3 is 1.40 bits per heavy atom. The van der Waals surface area contributed by atoms with Gasteiger partial charge in [0.05, 0.1) is 0 Å². The van der Waals surface area contributed by atoms with Gasteiger partial charge in [-0.05, 0) is 87.1 Å². The maximum absolute atomic E-state index is 13.7. The van der Waals surface area contributed by atoms with Gasteiger partial charge in [-0.15, -0.1) is 0 Å².